The third-order valence-electron chi connectivity index (χ3n) is 6.42. The second-order valence-electron chi connectivity index (χ2n) is 8.89. The van der Waals surface area contributed by atoms with Crippen LogP contribution in [0.4, 0.5) is 5.13 Å². The van der Waals surface area contributed by atoms with E-state index in [4.69, 9.17) is 4.74 Å². The molecule has 0 aliphatic heterocycles. The zero-order chi connectivity index (χ0) is 27.6. The van der Waals surface area contributed by atoms with Gasteiger partial charge < -0.3 is 14.9 Å². The highest BCUT2D eigenvalue weighted by molar-refractivity contribution is 7.91. The summed E-state index contributed by atoms with van der Waals surface area (Å²) < 4.78 is 31.5. The van der Waals surface area contributed by atoms with E-state index >= 15 is 0 Å². The first-order chi connectivity index (χ1) is 18.8. The molecule has 4 aromatic carbocycles. The van der Waals surface area contributed by atoms with Crippen molar-refractivity contribution in [3.63, 3.8) is 0 Å². The zero-order valence-electron chi connectivity index (χ0n) is 21.0. The summed E-state index contributed by atoms with van der Waals surface area (Å²) in [6.45, 7) is 1.11. The van der Waals surface area contributed by atoms with Gasteiger partial charge in [0.15, 0.2) is 15.0 Å². The summed E-state index contributed by atoms with van der Waals surface area (Å²) in [5.74, 6) is -0.0427. The second kappa shape index (κ2) is 11.1. The highest BCUT2D eigenvalue weighted by Crippen LogP contribution is 2.32. The number of sulfone groups is 1. The Morgan fingerprint density at radius 3 is 2.33 bits per heavy atom. The molecule has 1 atom stereocenters. The summed E-state index contributed by atoms with van der Waals surface area (Å²) in [5.41, 5.74) is 2.21. The number of amides is 1. The van der Waals surface area contributed by atoms with E-state index < -0.39 is 21.8 Å². The average molecular weight is 563 g/mol. The van der Waals surface area contributed by atoms with Crippen molar-refractivity contribution in [2.45, 2.75) is 31.1 Å². The number of ether oxygens (including phenoxy) is 1. The van der Waals surface area contributed by atoms with Gasteiger partial charge in [-0.3, -0.25) is 10.1 Å². The van der Waals surface area contributed by atoms with Crippen molar-refractivity contribution in [1.29, 1.82) is 0 Å². The lowest BCUT2D eigenvalue weighted by Gasteiger charge is -2.19. The number of hydrogen-bond acceptors (Lipinski definition) is 8. The maximum atomic E-state index is 13.6. The van der Waals surface area contributed by atoms with Crippen LogP contribution in [0.3, 0.4) is 0 Å². The minimum atomic E-state index is -3.40. The topological polar surface area (TPSA) is 126 Å². The van der Waals surface area contributed by atoms with Gasteiger partial charge >= 0.3 is 0 Å². The molecule has 0 aliphatic rings. The summed E-state index contributed by atoms with van der Waals surface area (Å²) in [5, 5.41) is 24.3. The number of benzene rings is 4. The predicted molar refractivity (Wildman–Crippen MR) is 152 cm³/mol. The van der Waals surface area contributed by atoms with E-state index in [9.17, 15) is 23.4 Å². The van der Waals surface area contributed by atoms with Crippen molar-refractivity contribution in [3.8, 4) is 5.75 Å². The number of carbonyl (C=O) groups excluding carboxylic acids is 1. The van der Waals surface area contributed by atoms with Crippen LogP contribution < -0.4 is 10.1 Å². The molecule has 0 saturated carbocycles. The van der Waals surface area contributed by atoms with Gasteiger partial charge in [0.25, 0.3) is 5.91 Å². The normalized spacial score (nSPS) is 12.5. The van der Waals surface area contributed by atoms with Gasteiger partial charge in [-0.1, -0.05) is 60.7 Å². The molecule has 1 aromatic heterocycles. The third-order valence-corrected chi connectivity index (χ3v) is 9.10. The molecule has 1 heterocycles. The summed E-state index contributed by atoms with van der Waals surface area (Å²) in [6, 6.07) is 22.8. The predicted octanol–water partition coefficient (Wildman–Crippen LogP) is 4.99. The Morgan fingerprint density at radius 2 is 1.64 bits per heavy atom. The van der Waals surface area contributed by atoms with Gasteiger partial charge in [0, 0.05) is 5.56 Å². The number of rotatable bonds is 9. The van der Waals surface area contributed by atoms with Gasteiger partial charge in [-0.05, 0) is 58.3 Å². The maximum absolute atomic E-state index is 13.6. The van der Waals surface area contributed by atoms with Crippen LogP contribution in [0.5, 0.6) is 5.75 Å². The lowest BCUT2D eigenvalue weighted by molar-refractivity contribution is -0.123. The number of carbonyl (C=O) groups is 1. The van der Waals surface area contributed by atoms with Crippen molar-refractivity contribution in [2.75, 3.05) is 11.1 Å². The Kier molecular flexibility index (Phi) is 7.62. The van der Waals surface area contributed by atoms with Crippen molar-refractivity contribution < 1.29 is 28.2 Å². The smallest absolute Gasteiger partial charge is 0.271 e. The molecule has 0 radical (unpaired) electrons. The molecule has 0 fully saturated rings. The Bertz CT molecular complexity index is 1720. The third kappa shape index (κ3) is 5.64. The molecule has 200 valence electrons. The maximum Gasteiger partial charge on any atom is 0.271 e. The Labute approximate surface area is 229 Å². The first kappa shape index (κ1) is 26.8. The van der Waals surface area contributed by atoms with Crippen LogP contribution in [0, 0.1) is 0 Å². The molecular weight excluding hydrogens is 536 g/mol. The first-order valence-corrected chi connectivity index (χ1v) is 14.7. The summed E-state index contributed by atoms with van der Waals surface area (Å²) in [4.78, 5) is 18.2. The molecule has 0 spiro atoms. The molecular formula is C29H26N2O6S2. The van der Waals surface area contributed by atoms with Crippen molar-refractivity contribution >= 4 is 53.2 Å². The van der Waals surface area contributed by atoms with Crippen LogP contribution in [-0.4, -0.2) is 35.3 Å². The number of nitrogens with one attached hydrogen (secondary N) is 1. The molecule has 39 heavy (non-hydrogen) atoms. The summed E-state index contributed by atoms with van der Waals surface area (Å²) >= 11 is 1.23. The molecule has 5 aromatic rings. The Balaban J connectivity index is 1.48. The molecule has 0 saturated heterocycles. The van der Waals surface area contributed by atoms with Crippen LogP contribution in [0.2, 0.25) is 0 Å². The van der Waals surface area contributed by atoms with E-state index in [1.54, 1.807) is 37.3 Å². The largest absolute Gasteiger partial charge is 0.476 e. The Morgan fingerprint density at radius 1 is 0.949 bits per heavy atom. The van der Waals surface area contributed by atoms with Gasteiger partial charge in [0.2, 0.25) is 6.10 Å². The van der Waals surface area contributed by atoms with Crippen LogP contribution >= 0.6 is 11.3 Å². The first-order valence-electron chi connectivity index (χ1n) is 12.2. The zero-order valence-corrected chi connectivity index (χ0v) is 22.6. The van der Waals surface area contributed by atoms with Gasteiger partial charge in [-0.2, -0.15) is 0 Å². The fraction of sp³-hybridized carbons (Fsp3) is 0.172. The van der Waals surface area contributed by atoms with Crippen LogP contribution in [0.25, 0.3) is 21.0 Å². The Hall–Kier alpha value is -3.83. The summed E-state index contributed by atoms with van der Waals surface area (Å²) in [6.07, 6.45) is -1.10. The molecule has 5 rings (SSSR count). The van der Waals surface area contributed by atoms with Gasteiger partial charge in [-0.25, -0.2) is 13.4 Å². The number of anilines is 1. The molecule has 0 aliphatic carbocycles. The fourth-order valence-electron chi connectivity index (χ4n) is 4.24. The van der Waals surface area contributed by atoms with Gasteiger partial charge in [0.05, 0.1) is 34.1 Å². The highest BCUT2D eigenvalue weighted by Gasteiger charge is 2.25. The van der Waals surface area contributed by atoms with Crippen LogP contribution in [0.15, 0.2) is 83.8 Å². The molecule has 1 unspecified atom stereocenters. The van der Waals surface area contributed by atoms with E-state index in [2.05, 4.69) is 10.3 Å². The number of aliphatic hydroxyl groups excluding tert-OH is 2. The molecule has 10 heteroatoms. The molecule has 3 N–H and O–H groups in total. The van der Waals surface area contributed by atoms with Crippen LogP contribution in [0.1, 0.15) is 29.7 Å². The van der Waals surface area contributed by atoms with E-state index in [-0.39, 0.29) is 23.9 Å². The number of fused-ring (bicyclic) bond motifs is 2. The number of aromatic nitrogens is 1. The van der Waals surface area contributed by atoms with Crippen molar-refractivity contribution in [1.82, 2.24) is 4.98 Å². The molecule has 0 bridgehead atoms. The standard InChI is InChI=1S/C29H26N2O6S2/c1-2-39(35,36)24-11-8-19(9-12-24)27(37-23-10-7-18-5-3-4-6-20(18)13-23)28(34)31-29-30-25-14-21(16-32)22(17-33)15-26(25)38-29/h3-15,27,32-33H,2,16-17H2,1H3,(H,30,31,34). The lowest BCUT2D eigenvalue weighted by atomic mass is 10.1. The minimum absolute atomic E-state index is 0.0303. The van der Waals surface area contributed by atoms with Crippen molar-refractivity contribution in [2.24, 2.45) is 0 Å². The SMILES string of the molecule is CCS(=O)(=O)c1ccc(C(Oc2ccc3ccccc3c2)C(=O)Nc2nc3cc(CO)c(CO)cc3s2)cc1. The van der Waals surface area contributed by atoms with Gasteiger partial charge in [0.1, 0.15) is 5.75 Å². The highest BCUT2D eigenvalue weighted by atomic mass is 32.2. The van der Waals surface area contributed by atoms with E-state index in [0.29, 0.717) is 33.1 Å². The van der Waals surface area contributed by atoms with E-state index in [0.717, 1.165) is 15.5 Å². The fourth-order valence-corrected chi connectivity index (χ4v) is 6.04. The second-order valence-corrected chi connectivity index (χ2v) is 12.2. The molecule has 1 amide bonds. The van der Waals surface area contributed by atoms with Gasteiger partial charge in [-0.15, -0.1) is 0 Å². The van der Waals surface area contributed by atoms with E-state index in [1.165, 1.54) is 23.5 Å². The quantitative estimate of drug-likeness (QED) is 0.231. The lowest BCUT2D eigenvalue weighted by Crippen LogP contribution is -2.25. The summed E-state index contributed by atoms with van der Waals surface area (Å²) in [7, 11) is -3.40. The number of aliphatic hydroxyl groups is 2. The molecule has 8 nitrogen and oxygen atoms in total. The monoisotopic (exact) mass is 562 g/mol. The van der Waals surface area contributed by atoms with E-state index in [1.807, 2.05) is 36.4 Å². The van der Waals surface area contributed by atoms with Crippen LogP contribution in [-0.2, 0) is 27.8 Å². The van der Waals surface area contributed by atoms with Crippen molar-refractivity contribution in [3.05, 3.63) is 95.6 Å². The number of nitrogens with zero attached hydrogens (tertiary/aromatic N) is 1. The number of thiazole rings is 1. The number of hydrogen-bond donors (Lipinski definition) is 3. The average Bonchev–Trinajstić information content (AvgIpc) is 3.35. The minimum Gasteiger partial charge on any atom is -0.476 e.